The van der Waals surface area contributed by atoms with Gasteiger partial charge >= 0.3 is 0 Å². The number of nitrogens with one attached hydrogen (secondary N) is 1. The van der Waals surface area contributed by atoms with Gasteiger partial charge in [-0.1, -0.05) is 40.2 Å². The third-order valence-corrected chi connectivity index (χ3v) is 2.29. The molecule has 0 saturated heterocycles. The lowest BCUT2D eigenvalue weighted by Crippen LogP contribution is -2.22. The van der Waals surface area contributed by atoms with E-state index in [1.54, 1.807) is 0 Å². The molecule has 0 spiro atoms. The molecule has 0 heterocycles. The van der Waals surface area contributed by atoms with Crippen molar-refractivity contribution in [3.8, 4) is 5.75 Å². The average Bonchev–Trinajstić information content (AvgIpc) is 2.17. The molecule has 0 aliphatic carbocycles. The summed E-state index contributed by atoms with van der Waals surface area (Å²) in [5, 5.41) is 3.71. The molecule has 1 aromatic rings. The number of hydrogen-bond donors (Lipinski definition) is 1. The van der Waals surface area contributed by atoms with Crippen LogP contribution < -0.4 is 10.1 Å². The summed E-state index contributed by atoms with van der Waals surface area (Å²) >= 11 is 8.97. The molecular formula is C11H13BrClNO. The third kappa shape index (κ3) is 5.82. The van der Waals surface area contributed by atoms with E-state index in [2.05, 4.69) is 27.8 Å². The van der Waals surface area contributed by atoms with Crippen molar-refractivity contribution in [2.24, 2.45) is 0 Å². The topological polar surface area (TPSA) is 21.3 Å². The summed E-state index contributed by atoms with van der Waals surface area (Å²) in [5.41, 5.74) is 0. The molecule has 0 amide bonds. The predicted molar refractivity (Wildman–Crippen MR) is 67.5 cm³/mol. The Morgan fingerprint density at radius 1 is 1.53 bits per heavy atom. The van der Waals surface area contributed by atoms with Gasteiger partial charge in [-0.15, -0.1) is 0 Å². The van der Waals surface area contributed by atoms with Crippen LogP contribution in [0, 0.1) is 0 Å². The van der Waals surface area contributed by atoms with E-state index in [4.69, 9.17) is 16.3 Å². The third-order valence-electron chi connectivity index (χ3n) is 1.66. The van der Waals surface area contributed by atoms with Crippen molar-refractivity contribution in [2.45, 2.75) is 0 Å². The highest BCUT2D eigenvalue weighted by atomic mass is 79.9. The van der Waals surface area contributed by atoms with Crippen LogP contribution in [0.2, 0.25) is 0 Å². The minimum absolute atomic E-state index is 0.609. The van der Waals surface area contributed by atoms with E-state index >= 15 is 0 Å². The minimum Gasteiger partial charge on any atom is -0.492 e. The zero-order valence-corrected chi connectivity index (χ0v) is 10.6. The summed E-state index contributed by atoms with van der Waals surface area (Å²) in [6.45, 7) is 5.55. The Hall–Kier alpha value is -0.510. The molecule has 0 radical (unpaired) electrons. The molecule has 0 atom stereocenters. The number of benzene rings is 1. The lowest BCUT2D eigenvalue weighted by atomic mass is 10.3. The van der Waals surface area contributed by atoms with E-state index in [0.29, 0.717) is 18.2 Å². The molecule has 0 aliphatic heterocycles. The van der Waals surface area contributed by atoms with Crippen molar-refractivity contribution in [3.05, 3.63) is 40.3 Å². The van der Waals surface area contributed by atoms with E-state index in [9.17, 15) is 0 Å². The molecule has 1 rings (SSSR count). The molecule has 15 heavy (non-hydrogen) atoms. The summed E-state index contributed by atoms with van der Waals surface area (Å²) in [6.07, 6.45) is 0. The maximum atomic E-state index is 5.59. The molecule has 0 saturated carbocycles. The van der Waals surface area contributed by atoms with Crippen LogP contribution in [0.3, 0.4) is 0 Å². The van der Waals surface area contributed by atoms with Gasteiger partial charge in [0.05, 0.1) is 0 Å². The first-order valence-corrected chi connectivity index (χ1v) is 5.78. The van der Waals surface area contributed by atoms with Gasteiger partial charge in [-0.2, -0.15) is 0 Å². The van der Waals surface area contributed by atoms with Crippen LogP contribution >= 0.6 is 27.5 Å². The first-order chi connectivity index (χ1) is 7.18. The molecule has 2 nitrogen and oxygen atoms in total. The van der Waals surface area contributed by atoms with Gasteiger partial charge in [0, 0.05) is 22.6 Å². The largest absolute Gasteiger partial charge is 0.492 e. The molecule has 0 fully saturated rings. The fraction of sp³-hybridized carbons (Fsp3) is 0.273. The molecule has 0 aromatic heterocycles. The van der Waals surface area contributed by atoms with Crippen LogP contribution in [0.15, 0.2) is 40.3 Å². The number of hydrogen-bond acceptors (Lipinski definition) is 2. The van der Waals surface area contributed by atoms with E-state index in [1.165, 1.54) is 0 Å². The Labute approximate surface area is 103 Å². The monoisotopic (exact) mass is 289 g/mol. The van der Waals surface area contributed by atoms with Gasteiger partial charge in [0.2, 0.25) is 0 Å². The standard InChI is InChI=1S/C11H13BrClNO/c1-9(13)8-14-5-6-15-11-4-2-3-10(12)7-11/h2-4,7,14H,1,5-6,8H2. The zero-order chi connectivity index (χ0) is 11.1. The second-order valence-electron chi connectivity index (χ2n) is 3.00. The highest BCUT2D eigenvalue weighted by Crippen LogP contribution is 2.17. The smallest absolute Gasteiger partial charge is 0.120 e. The van der Waals surface area contributed by atoms with Crippen LogP contribution in [0.4, 0.5) is 0 Å². The van der Waals surface area contributed by atoms with Gasteiger partial charge in [0.15, 0.2) is 0 Å². The van der Waals surface area contributed by atoms with Crippen LogP contribution in [0.1, 0.15) is 0 Å². The Morgan fingerprint density at radius 2 is 2.33 bits per heavy atom. The summed E-state index contributed by atoms with van der Waals surface area (Å²) in [5.74, 6) is 0.857. The summed E-state index contributed by atoms with van der Waals surface area (Å²) in [6, 6.07) is 7.75. The number of halogens is 2. The maximum absolute atomic E-state index is 5.59. The predicted octanol–water partition coefficient (Wildman–Crippen LogP) is 3.17. The average molecular weight is 291 g/mol. The normalized spacial score (nSPS) is 10.0. The number of ether oxygens (including phenoxy) is 1. The van der Waals surface area contributed by atoms with Gasteiger partial charge in [0.1, 0.15) is 12.4 Å². The fourth-order valence-electron chi connectivity index (χ4n) is 1.02. The Morgan fingerprint density at radius 3 is 3.00 bits per heavy atom. The summed E-state index contributed by atoms with van der Waals surface area (Å²) in [7, 11) is 0. The van der Waals surface area contributed by atoms with Crippen molar-refractivity contribution in [1.29, 1.82) is 0 Å². The van der Waals surface area contributed by atoms with Crippen molar-refractivity contribution >= 4 is 27.5 Å². The van der Waals surface area contributed by atoms with E-state index in [1.807, 2.05) is 24.3 Å². The second kappa shape index (κ2) is 6.88. The fourth-order valence-corrected chi connectivity index (χ4v) is 1.49. The molecule has 1 N–H and O–H groups in total. The second-order valence-corrected chi connectivity index (χ2v) is 4.45. The molecule has 4 heteroatoms. The summed E-state index contributed by atoms with van der Waals surface area (Å²) < 4.78 is 6.52. The highest BCUT2D eigenvalue weighted by molar-refractivity contribution is 9.10. The van der Waals surface area contributed by atoms with Crippen molar-refractivity contribution in [3.63, 3.8) is 0 Å². The van der Waals surface area contributed by atoms with Crippen LogP contribution in [0.25, 0.3) is 0 Å². The van der Waals surface area contributed by atoms with Gasteiger partial charge in [-0.25, -0.2) is 0 Å². The lowest BCUT2D eigenvalue weighted by molar-refractivity contribution is 0.316. The highest BCUT2D eigenvalue weighted by Gasteiger charge is 1.94. The van der Waals surface area contributed by atoms with Gasteiger partial charge in [-0.3, -0.25) is 0 Å². The van der Waals surface area contributed by atoms with Gasteiger partial charge < -0.3 is 10.1 Å². The van der Waals surface area contributed by atoms with Crippen molar-refractivity contribution in [2.75, 3.05) is 19.7 Å². The molecule has 0 unspecified atom stereocenters. The Bertz CT molecular complexity index is 330. The zero-order valence-electron chi connectivity index (χ0n) is 8.30. The van der Waals surface area contributed by atoms with Crippen molar-refractivity contribution < 1.29 is 4.74 Å². The van der Waals surface area contributed by atoms with E-state index in [0.717, 1.165) is 16.8 Å². The maximum Gasteiger partial charge on any atom is 0.120 e. The molecule has 1 aromatic carbocycles. The summed E-state index contributed by atoms with van der Waals surface area (Å²) in [4.78, 5) is 0. The first kappa shape index (κ1) is 12.6. The molecule has 0 bridgehead atoms. The SMILES string of the molecule is C=C(Cl)CNCCOc1cccc(Br)c1. The molecule has 82 valence electrons. The minimum atomic E-state index is 0.609. The van der Waals surface area contributed by atoms with Crippen molar-refractivity contribution in [1.82, 2.24) is 5.32 Å². The quantitative estimate of drug-likeness (QED) is 0.813. The Balaban J connectivity index is 2.17. The van der Waals surface area contributed by atoms with E-state index in [-0.39, 0.29) is 0 Å². The van der Waals surface area contributed by atoms with Crippen LogP contribution in [-0.2, 0) is 0 Å². The molecule has 0 aliphatic rings. The van der Waals surface area contributed by atoms with Gasteiger partial charge in [-0.05, 0) is 18.2 Å². The van der Waals surface area contributed by atoms with Gasteiger partial charge in [0.25, 0.3) is 0 Å². The molecular weight excluding hydrogens is 277 g/mol. The van der Waals surface area contributed by atoms with Crippen LogP contribution in [0.5, 0.6) is 5.75 Å². The van der Waals surface area contributed by atoms with E-state index < -0.39 is 0 Å². The van der Waals surface area contributed by atoms with Crippen LogP contribution in [-0.4, -0.2) is 19.7 Å². The lowest BCUT2D eigenvalue weighted by Gasteiger charge is -2.07. The number of rotatable bonds is 6. The first-order valence-electron chi connectivity index (χ1n) is 4.61. The Kier molecular flexibility index (Phi) is 5.76.